The third kappa shape index (κ3) is 10.9. The predicted octanol–water partition coefficient (Wildman–Crippen LogP) is 2.19. The summed E-state index contributed by atoms with van der Waals surface area (Å²) < 4.78 is 9.56. The van der Waals surface area contributed by atoms with Crippen LogP contribution in [0, 0.1) is 0 Å². The lowest BCUT2D eigenvalue weighted by atomic mass is 10.3. The summed E-state index contributed by atoms with van der Waals surface area (Å²) in [5.41, 5.74) is 0. The van der Waals surface area contributed by atoms with Gasteiger partial charge in [0.15, 0.2) is 0 Å². The highest BCUT2D eigenvalue weighted by Crippen LogP contribution is 2.15. The highest BCUT2D eigenvalue weighted by Gasteiger charge is 1.86. The standard InChI is InChI=1S/2C6H6O2.C2H6OS/c2*7-5-2-1-3-6(8)4-5;1-4(2)3/h2*1-4,7-8H;1-2H3. The Kier molecular flexibility index (Phi) is 8.61. The van der Waals surface area contributed by atoms with E-state index in [0.29, 0.717) is 0 Å². The van der Waals surface area contributed by atoms with E-state index in [9.17, 15) is 4.21 Å². The Morgan fingerprint density at radius 2 is 0.900 bits per heavy atom. The van der Waals surface area contributed by atoms with Crippen molar-refractivity contribution < 1.29 is 24.6 Å². The Bertz CT molecular complexity index is 461. The molecule has 4 N–H and O–H groups in total. The van der Waals surface area contributed by atoms with E-state index in [1.807, 2.05) is 0 Å². The molecule has 20 heavy (non-hydrogen) atoms. The first-order chi connectivity index (χ1) is 9.31. The van der Waals surface area contributed by atoms with Gasteiger partial charge in [0.05, 0.1) is 0 Å². The first-order valence-electron chi connectivity index (χ1n) is 5.52. The number of hydrogen-bond donors (Lipinski definition) is 4. The third-order valence-corrected chi connectivity index (χ3v) is 1.66. The van der Waals surface area contributed by atoms with Gasteiger partial charge in [0.1, 0.15) is 23.0 Å². The summed E-state index contributed by atoms with van der Waals surface area (Å²) in [5.74, 6) is 0.352. The fourth-order valence-electron chi connectivity index (χ4n) is 0.986. The quantitative estimate of drug-likeness (QED) is 0.597. The Labute approximate surface area is 120 Å². The highest BCUT2D eigenvalue weighted by atomic mass is 32.2. The lowest BCUT2D eigenvalue weighted by Crippen LogP contribution is -1.70. The van der Waals surface area contributed by atoms with Crippen molar-refractivity contribution in [3.63, 3.8) is 0 Å². The van der Waals surface area contributed by atoms with E-state index in [-0.39, 0.29) is 23.0 Å². The van der Waals surface area contributed by atoms with Crippen LogP contribution in [0.1, 0.15) is 0 Å². The summed E-state index contributed by atoms with van der Waals surface area (Å²) in [5, 5.41) is 34.6. The van der Waals surface area contributed by atoms with Gasteiger partial charge in [0, 0.05) is 35.4 Å². The number of aromatic hydroxyl groups is 4. The predicted molar refractivity (Wildman–Crippen MR) is 79.5 cm³/mol. The number of rotatable bonds is 0. The number of hydrogen-bond acceptors (Lipinski definition) is 5. The van der Waals surface area contributed by atoms with Crippen LogP contribution in [0.5, 0.6) is 23.0 Å². The fraction of sp³-hybridized carbons (Fsp3) is 0.143. The average molecular weight is 298 g/mol. The van der Waals surface area contributed by atoms with Crippen LogP contribution in [-0.4, -0.2) is 37.1 Å². The summed E-state index contributed by atoms with van der Waals surface area (Å²) in [6, 6.07) is 11.7. The van der Waals surface area contributed by atoms with E-state index in [1.54, 1.807) is 24.6 Å². The minimum Gasteiger partial charge on any atom is -0.508 e. The second-order valence-electron chi connectivity index (χ2n) is 3.78. The molecule has 2 aromatic carbocycles. The Morgan fingerprint density at radius 3 is 1.00 bits per heavy atom. The van der Waals surface area contributed by atoms with Crippen molar-refractivity contribution >= 4 is 10.8 Å². The van der Waals surface area contributed by atoms with Crippen LogP contribution in [0.15, 0.2) is 48.5 Å². The lowest BCUT2D eigenvalue weighted by Gasteiger charge is -1.89. The zero-order chi connectivity index (χ0) is 15.5. The van der Waals surface area contributed by atoms with Crippen molar-refractivity contribution in [2.75, 3.05) is 12.5 Å². The molecule has 0 aliphatic carbocycles. The van der Waals surface area contributed by atoms with Gasteiger partial charge in [0.25, 0.3) is 0 Å². The van der Waals surface area contributed by atoms with Gasteiger partial charge in [-0.3, -0.25) is 4.21 Å². The summed E-state index contributed by atoms with van der Waals surface area (Å²) in [6.45, 7) is 0. The van der Waals surface area contributed by atoms with Crippen molar-refractivity contribution in [1.82, 2.24) is 0 Å². The Hall–Kier alpha value is -2.21. The van der Waals surface area contributed by atoms with Gasteiger partial charge in [-0.05, 0) is 24.3 Å². The molecule has 0 heterocycles. The minimum atomic E-state index is -0.611. The Balaban J connectivity index is 0.000000289. The maximum absolute atomic E-state index is 9.56. The SMILES string of the molecule is CS(C)=O.Oc1cccc(O)c1.Oc1cccc(O)c1. The monoisotopic (exact) mass is 298 g/mol. The van der Waals surface area contributed by atoms with Crippen molar-refractivity contribution in [3.8, 4) is 23.0 Å². The molecule has 0 atom stereocenters. The van der Waals surface area contributed by atoms with Gasteiger partial charge in [-0.2, -0.15) is 0 Å². The van der Waals surface area contributed by atoms with Gasteiger partial charge < -0.3 is 20.4 Å². The molecule has 6 heteroatoms. The molecule has 0 aromatic heterocycles. The molecule has 0 saturated carbocycles. The van der Waals surface area contributed by atoms with Crippen molar-refractivity contribution in [2.24, 2.45) is 0 Å². The first kappa shape index (κ1) is 17.8. The molecular formula is C14H18O5S. The maximum atomic E-state index is 9.56. The zero-order valence-electron chi connectivity index (χ0n) is 11.2. The van der Waals surface area contributed by atoms with E-state index < -0.39 is 10.8 Å². The van der Waals surface area contributed by atoms with Crippen molar-refractivity contribution in [3.05, 3.63) is 48.5 Å². The second kappa shape index (κ2) is 9.69. The first-order valence-corrected chi connectivity index (χ1v) is 7.49. The second-order valence-corrected chi connectivity index (χ2v) is 5.26. The minimum absolute atomic E-state index is 0.0880. The number of phenols is 4. The molecule has 0 aliphatic heterocycles. The molecule has 2 aromatic rings. The molecule has 0 radical (unpaired) electrons. The topological polar surface area (TPSA) is 98.0 Å². The summed E-state index contributed by atoms with van der Waals surface area (Å²) in [6.07, 6.45) is 3.28. The summed E-state index contributed by atoms with van der Waals surface area (Å²) >= 11 is 0. The fourth-order valence-corrected chi connectivity index (χ4v) is 0.986. The molecule has 0 aliphatic rings. The van der Waals surface area contributed by atoms with Crippen LogP contribution in [-0.2, 0) is 10.8 Å². The normalized spacial score (nSPS) is 8.95. The van der Waals surface area contributed by atoms with Crippen LogP contribution < -0.4 is 0 Å². The van der Waals surface area contributed by atoms with Crippen LogP contribution >= 0.6 is 0 Å². The largest absolute Gasteiger partial charge is 0.508 e. The number of phenolic OH excluding ortho intramolecular Hbond substituents is 4. The summed E-state index contributed by atoms with van der Waals surface area (Å²) in [4.78, 5) is 0. The van der Waals surface area contributed by atoms with E-state index in [0.717, 1.165) is 0 Å². The molecular weight excluding hydrogens is 280 g/mol. The van der Waals surface area contributed by atoms with Crippen molar-refractivity contribution in [2.45, 2.75) is 0 Å². The molecule has 110 valence electrons. The van der Waals surface area contributed by atoms with Crippen LogP contribution in [0.25, 0.3) is 0 Å². The third-order valence-electron chi connectivity index (χ3n) is 1.66. The van der Waals surface area contributed by atoms with E-state index in [2.05, 4.69) is 0 Å². The average Bonchev–Trinajstić information content (AvgIpc) is 2.28. The Morgan fingerprint density at radius 1 is 0.700 bits per heavy atom. The maximum Gasteiger partial charge on any atom is 0.119 e. The van der Waals surface area contributed by atoms with Gasteiger partial charge >= 0.3 is 0 Å². The van der Waals surface area contributed by atoms with Crippen LogP contribution in [0.4, 0.5) is 0 Å². The van der Waals surface area contributed by atoms with Gasteiger partial charge in [-0.25, -0.2) is 0 Å². The zero-order valence-corrected chi connectivity index (χ0v) is 12.0. The molecule has 0 saturated heterocycles. The highest BCUT2D eigenvalue weighted by molar-refractivity contribution is 7.83. The molecule has 2 rings (SSSR count). The molecule has 0 bridgehead atoms. The number of benzene rings is 2. The smallest absolute Gasteiger partial charge is 0.119 e. The molecule has 0 unspecified atom stereocenters. The van der Waals surface area contributed by atoms with Crippen LogP contribution in [0.2, 0.25) is 0 Å². The molecule has 0 amide bonds. The van der Waals surface area contributed by atoms with E-state index in [1.165, 1.54) is 36.4 Å². The lowest BCUT2D eigenvalue weighted by molar-refractivity contribution is 0.449. The van der Waals surface area contributed by atoms with Gasteiger partial charge in [0.2, 0.25) is 0 Å². The molecule has 5 nitrogen and oxygen atoms in total. The molecule has 0 spiro atoms. The van der Waals surface area contributed by atoms with E-state index >= 15 is 0 Å². The summed E-state index contributed by atoms with van der Waals surface area (Å²) in [7, 11) is -0.611. The van der Waals surface area contributed by atoms with Crippen LogP contribution in [0.3, 0.4) is 0 Å². The van der Waals surface area contributed by atoms with E-state index in [4.69, 9.17) is 20.4 Å². The molecule has 0 fully saturated rings. The van der Waals surface area contributed by atoms with Crippen molar-refractivity contribution in [1.29, 1.82) is 0 Å². The van der Waals surface area contributed by atoms with Gasteiger partial charge in [-0.1, -0.05) is 12.1 Å². The van der Waals surface area contributed by atoms with Gasteiger partial charge in [-0.15, -0.1) is 0 Å².